The highest BCUT2D eigenvalue weighted by Gasteiger charge is 2.27. The minimum absolute atomic E-state index is 0.286. The summed E-state index contributed by atoms with van der Waals surface area (Å²) in [6.45, 7) is 1.06. The molecule has 0 aliphatic carbocycles. The molecule has 1 unspecified atom stereocenters. The van der Waals surface area contributed by atoms with Gasteiger partial charge in [0.25, 0.3) is 0 Å². The smallest absolute Gasteiger partial charge is 0.426 e. The first-order valence-corrected chi connectivity index (χ1v) is 10.7. The molecule has 1 atom stereocenters. The van der Waals surface area contributed by atoms with Crippen LogP contribution in [-0.2, 0) is 24.2 Å². The normalized spacial score (nSPS) is 13.9. The lowest BCUT2D eigenvalue weighted by Crippen LogP contribution is -2.54. The number of nitrogens with one attached hydrogen (secondary N) is 2. The summed E-state index contributed by atoms with van der Waals surface area (Å²) in [6, 6.07) is 20.7. The molecule has 0 fully saturated rings. The van der Waals surface area contributed by atoms with Crippen LogP contribution in [0, 0.1) is 0 Å². The van der Waals surface area contributed by atoms with Gasteiger partial charge in [-0.05, 0) is 33.9 Å². The monoisotopic (exact) mass is 431 g/mol. The Morgan fingerprint density at radius 1 is 0.969 bits per heavy atom. The van der Waals surface area contributed by atoms with Crippen molar-refractivity contribution in [3.63, 3.8) is 0 Å². The molecule has 3 aromatic rings. The van der Waals surface area contributed by atoms with Gasteiger partial charge < -0.3 is 25.6 Å². The first kappa shape index (κ1) is 21.9. The topological polar surface area (TPSA) is 102 Å². The Balaban J connectivity index is 1.49. The second kappa shape index (κ2) is 9.85. The van der Waals surface area contributed by atoms with E-state index in [9.17, 15) is 9.59 Å². The van der Waals surface area contributed by atoms with Gasteiger partial charge in [0.2, 0.25) is 5.91 Å². The first-order valence-electron chi connectivity index (χ1n) is 10.7. The molecular weight excluding hydrogens is 405 g/mol. The average molecular weight is 431 g/mol. The second-order valence-electron chi connectivity index (χ2n) is 8.05. The molecule has 0 aromatic heterocycles. The summed E-state index contributed by atoms with van der Waals surface area (Å²) in [7, 11) is -1.66. The molecule has 1 aliphatic rings. The maximum absolute atomic E-state index is 13.0. The summed E-state index contributed by atoms with van der Waals surface area (Å²) in [5, 5.41) is 25.7. The quantitative estimate of drug-likeness (QED) is 0.446. The van der Waals surface area contributed by atoms with Crippen molar-refractivity contribution < 1.29 is 19.6 Å². The van der Waals surface area contributed by atoms with E-state index in [2.05, 4.69) is 16.7 Å². The molecule has 0 saturated carbocycles. The number of hydrogen-bond donors (Lipinski definition) is 4. The Morgan fingerprint density at radius 3 is 2.47 bits per heavy atom. The van der Waals surface area contributed by atoms with Crippen molar-refractivity contribution in [2.45, 2.75) is 25.4 Å². The van der Waals surface area contributed by atoms with Gasteiger partial charge >= 0.3 is 13.1 Å². The Hall–Kier alpha value is -3.36. The summed E-state index contributed by atoms with van der Waals surface area (Å²) >= 11 is 0. The van der Waals surface area contributed by atoms with Crippen molar-refractivity contribution in [3.8, 4) is 0 Å². The number of nitrogens with zero attached hydrogens (tertiary/aromatic N) is 1. The van der Waals surface area contributed by atoms with Crippen LogP contribution < -0.4 is 10.6 Å². The molecule has 32 heavy (non-hydrogen) atoms. The van der Waals surface area contributed by atoms with Crippen molar-refractivity contribution in [2.75, 3.05) is 13.0 Å². The molecule has 0 radical (unpaired) electrons. The Kier molecular flexibility index (Phi) is 6.73. The summed E-state index contributed by atoms with van der Waals surface area (Å²) in [4.78, 5) is 27.5. The van der Waals surface area contributed by atoms with Gasteiger partial charge in [0.1, 0.15) is 6.04 Å². The summed E-state index contributed by atoms with van der Waals surface area (Å²) in [6.07, 6.45) is 0.746. The number of rotatable bonds is 6. The lowest BCUT2D eigenvalue weighted by Gasteiger charge is -2.30. The predicted octanol–water partition coefficient (Wildman–Crippen LogP) is 1.65. The van der Waals surface area contributed by atoms with Crippen LogP contribution in [0.15, 0.2) is 66.7 Å². The highest BCUT2D eigenvalue weighted by molar-refractivity contribution is 6.41. The van der Waals surface area contributed by atoms with Crippen LogP contribution in [0.4, 0.5) is 4.79 Å². The molecule has 4 rings (SSSR count). The number of hydrogen-bond acceptors (Lipinski definition) is 4. The lowest BCUT2D eigenvalue weighted by molar-refractivity contribution is -0.122. The van der Waals surface area contributed by atoms with Crippen LogP contribution in [0.5, 0.6) is 0 Å². The van der Waals surface area contributed by atoms with E-state index in [1.54, 1.807) is 4.90 Å². The summed E-state index contributed by atoms with van der Waals surface area (Å²) in [5.41, 5.74) is 3.24. The summed E-state index contributed by atoms with van der Waals surface area (Å²) < 4.78 is 0. The van der Waals surface area contributed by atoms with Crippen LogP contribution >= 0.6 is 0 Å². The van der Waals surface area contributed by atoms with Gasteiger partial charge in [0, 0.05) is 19.5 Å². The maximum atomic E-state index is 13.0. The molecule has 0 spiro atoms. The zero-order valence-corrected chi connectivity index (χ0v) is 17.7. The Labute approximate surface area is 187 Å². The first-order chi connectivity index (χ1) is 15.5. The van der Waals surface area contributed by atoms with Gasteiger partial charge in [-0.2, -0.15) is 0 Å². The number of carbonyl (C=O) groups excluding carboxylic acids is 2. The van der Waals surface area contributed by atoms with Crippen LogP contribution in [-0.4, -0.2) is 53.0 Å². The fraction of sp³-hybridized carbons (Fsp3) is 0.250. The van der Waals surface area contributed by atoms with Gasteiger partial charge in [-0.15, -0.1) is 0 Å². The standard InChI is InChI=1S/C24H26BN3O4/c29-23(26-16-25(31)32)22(14-17-9-10-18-5-1-3-7-20(18)13-17)27-24(30)28-12-11-19-6-2-4-8-21(19)15-28/h1-10,13,22,31-32H,11-12,14-16H2,(H,26,29)(H,27,30). The molecule has 3 amide bonds. The summed E-state index contributed by atoms with van der Waals surface area (Å²) in [5.74, 6) is -0.461. The van der Waals surface area contributed by atoms with Crippen LogP contribution in [0.2, 0.25) is 0 Å². The van der Waals surface area contributed by atoms with E-state index < -0.39 is 19.1 Å². The molecule has 4 N–H and O–H groups in total. The number of carbonyl (C=O) groups is 2. The van der Waals surface area contributed by atoms with E-state index in [0.29, 0.717) is 13.1 Å². The van der Waals surface area contributed by atoms with Crippen LogP contribution in [0.1, 0.15) is 16.7 Å². The number of fused-ring (bicyclic) bond motifs is 2. The van der Waals surface area contributed by atoms with Crippen LogP contribution in [0.3, 0.4) is 0 Å². The van der Waals surface area contributed by atoms with Crippen molar-refractivity contribution >= 4 is 29.8 Å². The second-order valence-corrected chi connectivity index (χ2v) is 8.05. The van der Waals surface area contributed by atoms with E-state index >= 15 is 0 Å². The van der Waals surface area contributed by atoms with Crippen molar-refractivity contribution in [1.29, 1.82) is 0 Å². The SMILES string of the molecule is O=C(NCB(O)O)C(Cc1ccc2ccccc2c1)NC(=O)N1CCc2ccccc2C1. The predicted molar refractivity (Wildman–Crippen MR) is 124 cm³/mol. The lowest BCUT2D eigenvalue weighted by atomic mass is 9.92. The fourth-order valence-electron chi connectivity index (χ4n) is 4.04. The third-order valence-corrected chi connectivity index (χ3v) is 5.74. The van der Waals surface area contributed by atoms with E-state index in [0.717, 1.165) is 28.3 Å². The Bertz CT molecular complexity index is 1120. The third-order valence-electron chi connectivity index (χ3n) is 5.74. The van der Waals surface area contributed by atoms with Gasteiger partial charge in [0.15, 0.2) is 0 Å². The number of amides is 3. The van der Waals surface area contributed by atoms with Gasteiger partial charge in [-0.25, -0.2) is 4.79 Å². The van der Waals surface area contributed by atoms with Gasteiger partial charge in [-0.1, -0.05) is 66.7 Å². The van der Waals surface area contributed by atoms with Crippen molar-refractivity contribution in [2.24, 2.45) is 0 Å². The molecule has 1 heterocycles. The molecule has 0 bridgehead atoms. The zero-order valence-electron chi connectivity index (χ0n) is 17.7. The minimum Gasteiger partial charge on any atom is -0.426 e. The van der Waals surface area contributed by atoms with E-state index in [4.69, 9.17) is 10.0 Å². The largest absolute Gasteiger partial charge is 0.472 e. The van der Waals surface area contributed by atoms with E-state index in [1.807, 2.05) is 60.7 Å². The molecule has 164 valence electrons. The van der Waals surface area contributed by atoms with Crippen LogP contribution in [0.25, 0.3) is 10.8 Å². The molecule has 1 aliphatic heterocycles. The highest BCUT2D eigenvalue weighted by atomic mass is 16.4. The van der Waals surface area contributed by atoms with Crippen molar-refractivity contribution in [1.82, 2.24) is 15.5 Å². The minimum atomic E-state index is -1.66. The number of benzene rings is 3. The molecule has 8 heteroatoms. The Morgan fingerprint density at radius 2 is 1.69 bits per heavy atom. The maximum Gasteiger partial charge on any atom is 0.472 e. The van der Waals surface area contributed by atoms with Gasteiger partial charge in [-0.3, -0.25) is 4.79 Å². The molecule has 0 saturated heterocycles. The molecule has 7 nitrogen and oxygen atoms in total. The average Bonchev–Trinajstić information content (AvgIpc) is 2.81. The zero-order chi connectivity index (χ0) is 22.5. The third kappa shape index (κ3) is 5.27. The van der Waals surface area contributed by atoms with E-state index in [-0.39, 0.29) is 18.9 Å². The molecular formula is C24H26BN3O4. The fourth-order valence-corrected chi connectivity index (χ4v) is 4.04. The van der Waals surface area contributed by atoms with Gasteiger partial charge in [0.05, 0.1) is 6.44 Å². The van der Waals surface area contributed by atoms with E-state index in [1.165, 1.54) is 5.56 Å². The number of urea groups is 1. The molecule has 3 aromatic carbocycles. The highest BCUT2D eigenvalue weighted by Crippen LogP contribution is 2.19. The van der Waals surface area contributed by atoms with Crippen molar-refractivity contribution in [3.05, 3.63) is 83.4 Å².